The van der Waals surface area contributed by atoms with Crippen molar-refractivity contribution in [3.05, 3.63) is 28.4 Å². The number of aromatic nitrogens is 1. The van der Waals surface area contributed by atoms with Crippen molar-refractivity contribution in [2.24, 2.45) is 0 Å². The number of fused-ring (bicyclic) bond motifs is 3. The van der Waals surface area contributed by atoms with Crippen LogP contribution in [0.5, 0.6) is 5.75 Å². The van der Waals surface area contributed by atoms with Crippen LogP contribution in [0.3, 0.4) is 0 Å². The standard InChI is InChI=1S/C15H19ClN2O/c1-8-14-13(15(2,3)7-17-8)9-5-12(19-4)10(16)6-11(9)18-14/h5-6,8,17-18H,7H2,1-4H3. The molecular formula is C15H19ClN2O. The van der Waals surface area contributed by atoms with Gasteiger partial charge in [0.05, 0.1) is 12.1 Å². The Morgan fingerprint density at radius 3 is 2.79 bits per heavy atom. The van der Waals surface area contributed by atoms with Crippen LogP contribution in [0, 0.1) is 0 Å². The molecule has 3 nitrogen and oxygen atoms in total. The molecule has 1 atom stereocenters. The lowest BCUT2D eigenvalue weighted by Crippen LogP contribution is -2.40. The van der Waals surface area contributed by atoms with Gasteiger partial charge in [-0.2, -0.15) is 0 Å². The summed E-state index contributed by atoms with van der Waals surface area (Å²) >= 11 is 6.21. The van der Waals surface area contributed by atoms with Gasteiger partial charge in [0.15, 0.2) is 0 Å². The van der Waals surface area contributed by atoms with Crippen LogP contribution in [0.15, 0.2) is 12.1 Å². The third-order valence-corrected chi connectivity index (χ3v) is 4.36. The highest BCUT2D eigenvalue weighted by molar-refractivity contribution is 6.32. The van der Waals surface area contributed by atoms with E-state index in [0.29, 0.717) is 11.1 Å². The zero-order valence-corrected chi connectivity index (χ0v) is 12.5. The largest absolute Gasteiger partial charge is 0.495 e. The van der Waals surface area contributed by atoms with Gasteiger partial charge in [-0.05, 0) is 24.6 Å². The minimum atomic E-state index is 0.0962. The smallest absolute Gasteiger partial charge is 0.138 e. The monoisotopic (exact) mass is 278 g/mol. The fourth-order valence-corrected chi connectivity index (χ4v) is 3.27. The van der Waals surface area contributed by atoms with E-state index in [-0.39, 0.29) is 5.41 Å². The highest BCUT2D eigenvalue weighted by Gasteiger charge is 2.34. The van der Waals surface area contributed by atoms with Gasteiger partial charge in [0.2, 0.25) is 0 Å². The lowest BCUT2D eigenvalue weighted by Gasteiger charge is -2.34. The van der Waals surface area contributed by atoms with E-state index in [4.69, 9.17) is 16.3 Å². The van der Waals surface area contributed by atoms with E-state index in [2.05, 4.69) is 31.1 Å². The number of rotatable bonds is 1. The Morgan fingerprint density at radius 1 is 1.37 bits per heavy atom. The van der Waals surface area contributed by atoms with E-state index in [1.54, 1.807) is 7.11 Å². The van der Waals surface area contributed by atoms with Gasteiger partial charge in [0, 0.05) is 34.6 Å². The first-order valence-corrected chi connectivity index (χ1v) is 6.95. The average Bonchev–Trinajstić information content (AvgIpc) is 2.73. The summed E-state index contributed by atoms with van der Waals surface area (Å²) in [7, 11) is 1.65. The fraction of sp³-hybridized carbons (Fsp3) is 0.467. The first-order chi connectivity index (χ1) is 8.94. The third kappa shape index (κ3) is 1.84. The van der Waals surface area contributed by atoms with Crippen molar-refractivity contribution in [3.8, 4) is 5.75 Å². The fourth-order valence-electron chi connectivity index (χ4n) is 3.03. The highest BCUT2D eigenvalue weighted by Crippen LogP contribution is 2.42. The number of ether oxygens (including phenoxy) is 1. The SMILES string of the molecule is COc1cc2c3c([nH]c2cc1Cl)C(C)NCC3(C)C. The van der Waals surface area contributed by atoms with Gasteiger partial charge in [0.1, 0.15) is 5.75 Å². The number of halogens is 1. The molecule has 1 aromatic heterocycles. The summed E-state index contributed by atoms with van der Waals surface area (Å²) in [5, 5.41) is 5.40. The number of hydrogen-bond acceptors (Lipinski definition) is 2. The second-order valence-electron chi connectivity index (χ2n) is 5.93. The molecule has 0 saturated carbocycles. The molecule has 0 radical (unpaired) electrons. The normalized spacial score (nSPS) is 21.4. The van der Waals surface area contributed by atoms with Crippen molar-refractivity contribution in [2.75, 3.05) is 13.7 Å². The number of nitrogens with one attached hydrogen (secondary N) is 2. The Hall–Kier alpha value is -1.19. The van der Waals surface area contributed by atoms with E-state index in [9.17, 15) is 0 Å². The average molecular weight is 279 g/mol. The summed E-state index contributed by atoms with van der Waals surface area (Å²) in [6.07, 6.45) is 0. The van der Waals surface area contributed by atoms with Crippen LogP contribution in [0.1, 0.15) is 38.1 Å². The van der Waals surface area contributed by atoms with E-state index in [0.717, 1.165) is 17.8 Å². The molecule has 2 N–H and O–H groups in total. The van der Waals surface area contributed by atoms with Gasteiger partial charge in [-0.3, -0.25) is 0 Å². The van der Waals surface area contributed by atoms with Gasteiger partial charge >= 0.3 is 0 Å². The first-order valence-electron chi connectivity index (χ1n) is 6.57. The maximum atomic E-state index is 6.21. The summed E-state index contributed by atoms with van der Waals surface area (Å²) in [4.78, 5) is 3.51. The number of aromatic amines is 1. The van der Waals surface area contributed by atoms with Crippen LogP contribution >= 0.6 is 11.6 Å². The van der Waals surface area contributed by atoms with Crippen LogP contribution < -0.4 is 10.1 Å². The molecule has 0 bridgehead atoms. The quantitative estimate of drug-likeness (QED) is 0.833. The van der Waals surface area contributed by atoms with Crippen LogP contribution in [0.4, 0.5) is 0 Å². The number of methoxy groups -OCH3 is 1. The Kier molecular flexibility index (Phi) is 2.80. The summed E-state index contributed by atoms with van der Waals surface area (Å²) in [5.74, 6) is 0.734. The van der Waals surface area contributed by atoms with Crippen LogP contribution in [-0.4, -0.2) is 18.6 Å². The predicted octanol–water partition coefficient (Wildman–Crippen LogP) is 3.77. The van der Waals surface area contributed by atoms with Crippen LogP contribution in [0.25, 0.3) is 10.9 Å². The first kappa shape index (κ1) is 12.8. The highest BCUT2D eigenvalue weighted by atomic mass is 35.5. The summed E-state index contributed by atoms with van der Waals surface area (Å²) in [6.45, 7) is 7.68. The van der Waals surface area contributed by atoms with Crippen molar-refractivity contribution in [1.82, 2.24) is 10.3 Å². The molecule has 102 valence electrons. The molecular weight excluding hydrogens is 260 g/mol. The zero-order valence-electron chi connectivity index (χ0n) is 11.7. The van der Waals surface area contributed by atoms with Gasteiger partial charge in [-0.1, -0.05) is 25.4 Å². The number of hydrogen-bond donors (Lipinski definition) is 2. The molecule has 19 heavy (non-hydrogen) atoms. The molecule has 1 aliphatic rings. The van der Waals surface area contributed by atoms with Gasteiger partial charge in [-0.15, -0.1) is 0 Å². The Morgan fingerprint density at radius 2 is 2.11 bits per heavy atom. The molecule has 1 aliphatic heterocycles. The van der Waals surface area contributed by atoms with E-state index < -0.39 is 0 Å². The summed E-state index contributed by atoms with van der Waals surface area (Å²) in [6, 6.07) is 4.34. The van der Waals surface area contributed by atoms with Crippen molar-refractivity contribution < 1.29 is 4.74 Å². The second-order valence-corrected chi connectivity index (χ2v) is 6.34. The lowest BCUT2D eigenvalue weighted by molar-refractivity contribution is 0.394. The molecule has 4 heteroatoms. The molecule has 1 unspecified atom stereocenters. The van der Waals surface area contributed by atoms with Gasteiger partial charge in [-0.25, -0.2) is 0 Å². The molecule has 2 heterocycles. The van der Waals surface area contributed by atoms with Crippen LogP contribution in [-0.2, 0) is 5.41 Å². The van der Waals surface area contributed by atoms with Gasteiger partial charge in [0.25, 0.3) is 0 Å². The molecule has 2 aromatic rings. The molecule has 0 aliphatic carbocycles. The number of H-pyrrole nitrogens is 1. The van der Waals surface area contributed by atoms with E-state index >= 15 is 0 Å². The molecule has 0 saturated heterocycles. The van der Waals surface area contributed by atoms with E-state index in [1.165, 1.54) is 16.6 Å². The van der Waals surface area contributed by atoms with Gasteiger partial charge < -0.3 is 15.0 Å². The minimum Gasteiger partial charge on any atom is -0.495 e. The van der Waals surface area contributed by atoms with Crippen molar-refractivity contribution >= 4 is 22.5 Å². The molecule has 3 rings (SSSR count). The van der Waals surface area contributed by atoms with Crippen molar-refractivity contribution in [3.63, 3.8) is 0 Å². The summed E-state index contributed by atoms with van der Waals surface area (Å²) < 4.78 is 5.35. The lowest BCUT2D eigenvalue weighted by atomic mass is 9.78. The minimum absolute atomic E-state index is 0.0962. The van der Waals surface area contributed by atoms with Crippen molar-refractivity contribution in [2.45, 2.75) is 32.2 Å². The number of benzene rings is 1. The molecule has 0 spiro atoms. The maximum absolute atomic E-state index is 6.21. The Labute approximate surface area is 118 Å². The van der Waals surface area contributed by atoms with Crippen molar-refractivity contribution in [1.29, 1.82) is 0 Å². The topological polar surface area (TPSA) is 37.0 Å². The third-order valence-electron chi connectivity index (χ3n) is 4.06. The zero-order chi connectivity index (χ0) is 13.8. The van der Waals surface area contributed by atoms with Crippen LogP contribution in [0.2, 0.25) is 5.02 Å². The predicted molar refractivity (Wildman–Crippen MR) is 79.3 cm³/mol. The molecule has 0 amide bonds. The maximum Gasteiger partial charge on any atom is 0.138 e. The van der Waals surface area contributed by atoms with E-state index in [1.807, 2.05) is 12.1 Å². The molecule has 0 fully saturated rings. The Balaban J connectivity index is 2.35. The second kappa shape index (κ2) is 4.15. The Bertz CT molecular complexity index is 645. The molecule has 1 aromatic carbocycles. The summed E-state index contributed by atoms with van der Waals surface area (Å²) in [5.41, 5.74) is 3.82.